The Kier molecular flexibility index (Phi) is 6.22. The third kappa shape index (κ3) is 3.87. The van der Waals surface area contributed by atoms with E-state index in [-0.39, 0.29) is 35.0 Å². The molecule has 0 aliphatic carbocycles. The number of carbonyl (C=O) groups is 1. The van der Waals surface area contributed by atoms with Crippen molar-refractivity contribution in [2.24, 2.45) is 0 Å². The lowest BCUT2D eigenvalue weighted by Crippen LogP contribution is -2.60. The van der Waals surface area contributed by atoms with Gasteiger partial charge in [0.2, 0.25) is 12.0 Å². The summed E-state index contributed by atoms with van der Waals surface area (Å²) in [5.41, 5.74) is 0.698. The van der Waals surface area contributed by atoms with Gasteiger partial charge in [-0.15, -0.1) is 0 Å². The molecule has 1 fully saturated rings. The monoisotopic (exact) mass is 448 g/mol. The number of hydrogen-bond donors (Lipinski definition) is 5. The molecular weight excluding hydrogens is 424 g/mol. The maximum atomic E-state index is 12.8. The molecule has 0 aromatic heterocycles. The van der Waals surface area contributed by atoms with Crippen LogP contribution in [0.4, 0.5) is 0 Å². The van der Waals surface area contributed by atoms with Gasteiger partial charge in [0, 0.05) is 6.07 Å². The topological polar surface area (TPSA) is 155 Å². The van der Waals surface area contributed by atoms with E-state index in [0.717, 1.165) is 11.6 Å². The summed E-state index contributed by atoms with van der Waals surface area (Å²) in [4.78, 5) is 12.8. The minimum absolute atomic E-state index is 0.0145. The number of rotatable bonds is 5. The van der Waals surface area contributed by atoms with E-state index in [0.29, 0.717) is 0 Å². The van der Waals surface area contributed by atoms with Crippen molar-refractivity contribution in [2.45, 2.75) is 43.2 Å². The number of Topliss-reactive ketones (excluding diaryl/α,β-unsaturated/α-hetero) is 1. The number of fused-ring (bicyclic) bond motifs is 1. The van der Waals surface area contributed by atoms with Crippen LogP contribution in [0.5, 0.6) is 23.0 Å². The van der Waals surface area contributed by atoms with Crippen molar-refractivity contribution >= 4 is 5.78 Å². The van der Waals surface area contributed by atoms with Gasteiger partial charge in [-0.1, -0.05) is 30.3 Å². The van der Waals surface area contributed by atoms with Crippen LogP contribution in [0, 0.1) is 0 Å². The first-order valence-corrected chi connectivity index (χ1v) is 10.0. The Balaban J connectivity index is 1.69. The second kappa shape index (κ2) is 8.93. The lowest BCUT2D eigenvalue weighted by Gasteiger charge is -2.39. The van der Waals surface area contributed by atoms with Crippen LogP contribution in [0.25, 0.3) is 0 Å². The summed E-state index contributed by atoms with van der Waals surface area (Å²) in [5.74, 6) is -0.956. The highest BCUT2D eigenvalue weighted by Crippen LogP contribution is 2.50. The maximum absolute atomic E-state index is 12.8. The molecule has 32 heavy (non-hydrogen) atoms. The van der Waals surface area contributed by atoms with Crippen LogP contribution >= 0.6 is 0 Å². The van der Waals surface area contributed by atoms with Gasteiger partial charge >= 0.3 is 0 Å². The van der Waals surface area contributed by atoms with Crippen LogP contribution in [0.2, 0.25) is 0 Å². The Bertz CT molecular complexity index is 976. The van der Waals surface area contributed by atoms with E-state index in [1.165, 1.54) is 7.11 Å². The summed E-state index contributed by atoms with van der Waals surface area (Å²) in [5, 5.41) is 50.1. The summed E-state index contributed by atoms with van der Waals surface area (Å²) in [6.45, 7) is -0.631. The number of aliphatic hydroxyl groups is 4. The Morgan fingerprint density at radius 1 is 1.09 bits per heavy atom. The van der Waals surface area contributed by atoms with Gasteiger partial charge in [0.05, 0.1) is 20.1 Å². The molecule has 1 saturated heterocycles. The van der Waals surface area contributed by atoms with E-state index in [1.807, 2.05) is 30.3 Å². The largest absolute Gasteiger partial charge is 0.507 e. The Morgan fingerprint density at radius 2 is 1.81 bits per heavy atom. The Morgan fingerprint density at radius 3 is 2.47 bits per heavy atom. The number of benzene rings is 2. The molecule has 0 bridgehead atoms. The van der Waals surface area contributed by atoms with Crippen molar-refractivity contribution in [2.75, 3.05) is 13.7 Å². The van der Waals surface area contributed by atoms with Crippen molar-refractivity contribution in [1.29, 1.82) is 0 Å². The van der Waals surface area contributed by atoms with Crippen LogP contribution in [-0.2, 0) is 4.74 Å². The molecule has 10 nitrogen and oxygen atoms in total. The number of hydrogen-bond acceptors (Lipinski definition) is 10. The van der Waals surface area contributed by atoms with Gasteiger partial charge < -0.3 is 44.5 Å². The molecule has 2 aliphatic rings. The molecule has 2 aliphatic heterocycles. The normalized spacial score (nSPS) is 29.7. The number of methoxy groups -OCH3 is 1. The van der Waals surface area contributed by atoms with E-state index in [9.17, 15) is 30.3 Å². The first-order chi connectivity index (χ1) is 15.3. The molecule has 2 heterocycles. The highest BCUT2D eigenvalue weighted by atomic mass is 16.7. The minimum atomic E-state index is -1.67. The third-order valence-corrected chi connectivity index (χ3v) is 5.56. The maximum Gasteiger partial charge on any atom is 0.229 e. The Hall–Kier alpha value is -2.89. The van der Waals surface area contributed by atoms with E-state index >= 15 is 0 Å². The van der Waals surface area contributed by atoms with Crippen LogP contribution in [0.1, 0.15) is 28.4 Å². The number of aliphatic hydroxyl groups excluding tert-OH is 4. The SMILES string of the molecule is COc1c(O[C@@H]2O[C@H](CO)C(O)[C@@H](O)[C@H]2O)cc(O)c2c1OC(c1ccccc1)CC2=O. The first kappa shape index (κ1) is 22.3. The second-order valence-corrected chi connectivity index (χ2v) is 7.59. The molecule has 2 unspecified atom stereocenters. The van der Waals surface area contributed by atoms with Crippen LogP contribution in [-0.4, -0.2) is 75.7 Å². The summed E-state index contributed by atoms with van der Waals surface area (Å²) < 4.78 is 22.4. The number of phenols is 1. The lowest BCUT2D eigenvalue weighted by atomic mass is 9.95. The number of ketones is 1. The van der Waals surface area contributed by atoms with Crippen molar-refractivity contribution in [1.82, 2.24) is 0 Å². The average Bonchev–Trinajstić information content (AvgIpc) is 2.79. The molecule has 10 heteroatoms. The molecule has 0 saturated carbocycles. The molecule has 0 radical (unpaired) electrons. The smallest absolute Gasteiger partial charge is 0.229 e. The summed E-state index contributed by atoms with van der Waals surface area (Å²) in [6.07, 6.45) is -8.18. The lowest BCUT2D eigenvalue weighted by molar-refractivity contribution is -0.277. The van der Waals surface area contributed by atoms with Gasteiger partial charge in [-0.2, -0.15) is 0 Å². The van der Waals surface area contributed by atoms with E-state index in [4.69, 9.17) is 18.9 Å². The average molecular weight is 448 g/mol. The van der Waals surface area contributed by atoms with E-state index < -0.39 is 49.2 Å². The molecule has 4 rings (SSSR count). The Labute approximate surface area is 183 Å². The van der Waals surface area contributed by atoms with Crippen LogP contribution in [0.15, 0.2) is 36.4 Å². The second-order valence-electron chi connectivity index (χ2n) is 7.59. The first-order valence-electron chi connectivity index (χ1n) is 10.0. The van der Waals surface area contributed by atoms with Crippen molar-refractivity contribution in [3.8, 4) is 23.0 Å². The fourth-order valence-electron chi connectivity index (χ4n) is 3.86. The predicted molar refractivity (Wildman–Crippen MR) is 108 cm³/mol. The number of aromatic hydroxyl groups is 1. The fourth-order valence-corrected chi connectivity index (χ4v) is 3.86. The quantitative estimate of drug-likeness (QED) is 0.431. The molecule has 0 spiro atoms. The standard InChI is InChI=1S/C22H24O10/c1-29-20-14(31-22-19(28)18(27)17(26)15(9-23)32-22)8-12(25)16-11(24)7-13(30-21(16)20)10-5-3-2-4-6-10/h2-6,8,13,15,17-19,22-23,25-28H,7,9H2,1H3/t13?,15-,17?,18-,19-,22-/m1/s1. The van der Waals surface area contributed by atoms with Crippen molar-refractivity contribution < 1.29 is 49.3 Å². The zero-order valence-electron chi connectivity index (χ0n) is 17.1. The minimum Gasteiger partial charge on any atom is -0.507 e. The van der Waals surface area contributed by atoms with Crippen LogP contribution < -0.4 is 14.2 Å². The third-order valence-electron chi connectivity index (χ3n) is 5.56. The van der Waals surface area contributed by atoms with Gasteiger partial charge in [-0.05, 0) is 5.56 Å². The molecule has 2 aromatic rings. The molecule has 0 amide bonds. The molecule has 5 N–H and O–H groups in total. The number of phenolic OH excluding ortho intramolecular Hbond substituents is 1. The zero-order chi connectivity index (χ0) is 23.0. The molecule has 172 valence electrons. The van der Waals surface area contributed by atoms with Crippen molar-refractivity contribution in [3.05, 3.63) is 47.5 Å². The van der Waals surface area contributed by atoms with Gasteiger partial charge in [0.15, 0.2) is 17.3 Å². The van der Waals surface area contributed by atoms with Crippen molar-refractivity contribution in [3.63, 3.8) is 0 Å². The fraction of sp³-hybridized carbons (Fsp3) is 0.409. The van der Waals surface area contributed by atoms with Gasteiger partial charge in [-0.3, -0.25) is 4.79 Å². The van der Waals surface area contributed by atoms with Gasteiger partial charge in [0.25, 0.3) is 0 Å². The molecule has 2 aromatic carbocycles. The number of carbonyl (C=O) groups excluding carboxylic acids is 1. The van der Waals surface area contributed by atoms with Gasteiger partial charge in [-0.25, -0.2) is 0 Å². The highest BCUT2D eigenvalue weighted by molar-refractivity contribution is 6.03. The highest BCUT2D eigenvalue weighted by Gasteiger charge is 2.45. The van der Waals surface area contributed by atoms with Gasteiger partial charge in [0.1, 0.15) is 41.8 Å². The summed E-state index contributed by atoms with van der Waals surface area (Å²) in [6, 6.07) is 10.2. The van der Waals surface area contributed by atoms with Crippen LogP contribution in [0.3, 0.4) is 0 Å². The number of ether oxygens (including phenoxy) is 4. The molecule has 6 atom stereocenters. The predicted octanol–water partition coefficient (Wildman–Crippen LogP) is 0.286. The summed E-state index contributed by atoms with van der Waals surface area (Å²) in [7, 11) is 1.31. The zero-order valence-corrected chi connectivity index (χ0v) is 17.1. The molecular formula is C22H24O10. The summed E-state index contributed by atoms with van der Waals surface area (Å²) >= 11 is 0. The van der Waals surface area contributed by atoms with E-state index in [1.54, 1.807) is 0 Å². The van der Waals surface area contributed by atoms with E-state index in [2.05, 4.69) is 0 Å².